The van der Waals surface area contributed by atoms with Gasteiger partial charge in [-0.15, -0.1) is 0 Å². The average Bonchev–Trinajstić information content (AvgIpc) is 2.24. The lowest BCUT2D eigenvalue weighted by Crippen LogP contribution is -2.21. The summed E-state index contributed by atoms with van der Waals surface area (Å²) < 4.78 is 4.40. The second-order valence-electron chi connectivity index (χ2n) is 2.54. The van der Waals surface area contributed by atoms with Crippen LogP contribution in [0.5, 0.6) is 0 Å². The van der Waals surface area contributed by atoms with E-state index in [2.05, 4.69) is 30.4 Å². The highest BCUT2D eigenvalue weighted by molar-refractivity contribution is 5.65. The number of hydrogen-bond acceptors (Lipinski definition) is 4. The van der Waals surface area contributed by atoms with Gasteiger partial charge in [-0.1, -0.05) is 20.8 Å². The van der Waals surface area contributed by atoms with Crippen LogP contribution in [0.25, 0.3) is 0 Å². The summed E-state index contributed by atoms with van der Waals surface area (Å²) in [4.78, 5) is 12.2. The molecular weight excluding hydrogens is 194 g/mol. The molecule has 0 heterocycles. The van der Waals surface area contributed by atoms with E-state index in [4.69, 9.17) is 5.11 Å². The number of rotatable bonds is 4. The van der Waals surface area contributed by atoms with Crippen molar-refractivity contribution in [3.63, 3.8) is 0 Å². The van der Waals surface area contributed by atoms with Crippen LogP contribution in [0.2, 0.25) is 0 Å². The first-order valence-corrected chi connectivity index (χ1v) is 5.42. The first kappa shape index (κ1) is 19.9. The molecule has 0 radical (unpaired) electrons. The van der Waals surface area contributed by atoms with Gasteiger partial charge in [-0.3, -0.25) is 4.79 Å². The molecule has 0 aromatic rings. The minimum Gasteiger partial charge on any atom is -0.466 e. The average molecular weight is 221 g/mol. The molecule has 4 nitrogen and oxygen atoms in total. The number of carbonyl (C=O) groups excluding carboxylic acids is 1. The van der Waals surface area contributed by atoms with Gasteiger partial charge in [-0.05, 0) is 26.6 Å². The molecule has 0 atom stereocenters. The fourth-order valence-corrected chi connectivity index (χ4v) is 0.874. The fraction of sp³-hybridized carbons (Fsp3) is 0.909. The Balaban J connectivity index is -0.000000166. The van der Waals surface area contributed by atoms with Crippen molar-refractivity contribution in [1.82, 2.24) is 4.90 Å². The molecule has 0 aliphatic heterocycles. The molecule has 0 amide bonds. The maximum Gasteiger partial charge on any atom is 0.302 e. The molecule has 0 aliphatic rings. The summed E-state index contributed by atoms with van der Waals surface area (Å²) in [5.74, 6) is -0.211. The largest absolute Gasteiger partial charge is 0.466 e. The molecular formula is C11H27NO3. The van der Waals surface area contributed by atoms with Crippen LogP contribution in [0.3, 0.4) is 0 Å². The maximum atomic E-state index is 9.82. The molecule has 1 N–H and O–H groups in total. The molecule has 0 aromatic carbocycles. The molecule has 0 unspecified atom stereocenters. The van der Waals surface area contributed by atoms with Crippen molar-refractivity contribution in [1.29, 1.82) is 0 Å². The molecule has 94 valence electrons. The van der Waals surface area contributed by atoms with E-state index in [-0.39, 0.29) is 5.97 Å². The first-order valence-electron chi connectivity index (χ1n) is 5.42. The minimum atomic E-state index is -0.211. The summed E-state index contributed by atoms with van der Waals surface area (Å²) in [6, 6.07) is 0. The number of esters is 1. The Hall–Kier alpha value is -0.610. The van der Waals surface area contributed by atoms with Crippen molar-refractivity contribution in [3.05, 3.63) is 0 Å². The number of hydrogen-bond donors (Lipinski definition) is 1. The highest BCUT2D eigenvalue weighted by atomic mass is 16.5. The van der Waals surface area contributed by atoms with E-state index in [0.717, 1.165) is 7.11 Å². The lowest BCUT2D eigenvalue weighted by molar-refractivity contribution is -0.140. The molecule has 0 saturated heterocycles. The van der Waals surface area contributed by atoms with Gasteiger partial charge >= 0.3 is 5.97 Å². The van der Waals surface area contributed by atoms with Crippen molar-refractivity contribution in [3.8, 4) is 0 Å². The molecule has 0 fully saturated rings. The van der Waals surface area contributed by atoms with Crippen LogP contribution in [0.15, 0.2) is 0 Å². The van der Waals surface area contributed by atoms with Crippen LogP contribution in [0, 0.1) is 0 Å². The van der Waals surface area contributed by atoms with Crippen molar-refractivity contribution in [2.45, 2.75) is 34.6 Å². The molecule has 0 spiro atoms. The van der Waals surface area contributed by atoms with Gasteiger partial charge in [0, 0.05) is 14.0 Å². The van der Waals surface area contributed by atoms with Crippen LogP contribution >= 0.6 is 0 Å². The van der Waals surface area contributed by atoms with Crippen LogP contribution in [-0.2, 0) is 9.53 Å². The SMILES string of the molecule is CCN(CC)CC.CCOC(C)=O.CO. The monoisotopic (exact) mass is 221 g/mol. The third-order valence-corrected chi connectivity index (χ3v) is 1.69. The van der Waals surface area contributed by atoms with E-state index in [0.29, 0.717) is 6.61 Å². The van der Waals surface area contributed by atoms with E-state index in [9.17, 15) is 4.79 Å². The van der Waals surface area contributed by atoms with Gasteiger partial charge in [-0.25, -0.2) is 0 Å². The van der Waals surface area contributed by atoms with Gasteiger partial charge in [0.25, 0.3) is 0 Å². The van der Waals surface area contributed by atoms with Crippen molar-refractivity contribution >= 4 is 5.97 Å². The number of carbonyl (C=O) groups is 1. The first-order chi connectivity index (χ1) is 7.12. The second kappa shape index (κ2) is 19.0. The Morgan fingerprint density at radius 3 is 1.40 bits per heavy atom. The highest BCUT2D eigenvalue weighted by Crippen LogP contribution is 1.81. The molecule has 0 rings (SSSR count). The van der Waals surface area contributed by atoms with E-state index in [1.807, 2.05) is 0 Å². The normalized spacial score (nSPS) is 8.27. The smallest absolute Gasteiger partial charge is 0.302 e. The van der Waals surface area contributed by atoms with E-state index in [1.54, 1.807) is 6.92 Å². The summed E-state index contributed by atoms with van der Waals surface area (Å²) in [5, 5.41) is 7.00. The number of aliphatic hydroxyl groups is 1. The second-order valence-corrected chi connectivity index (χ2v) is 2.54. The number of ether oxygens (including phenoxy) is 1. The van der Waals surface area contributed by atoms with Gasteiger partial charge in [0.2, 0.25) is 0 Å². The fourth-order valence-electron chi connectivity index (χ4n) is 0.874. The summed E-state index contributed by atoms with van der Waals surface area (Å²) >= 11 is 0. The summed E-state index contributed by atoms with van der Waals surface area (Å²) in [6.07, 6.45) is 0. The van der Waals surface area contributed by atoms with Crippen molar-refractivity contribution in [2.75, 3.05) is 33.4 Å². The number of nitrogens with zero attached hydrogens (tertiary/aromatic N) is 1. The van der Waals surface area contributed by atoms with E-state index in [1.165, 1.54) is 26.6 Å². The van der Waals surface area contributed by atoms with Gasteiger partial charge in [0.15, 0.2) is 0 Å². The molecule has 0 aromatic heterocycles. The predicted molar refractivity (Wildman–Crippen MR) is 63.9 cm³/mol. The summed E-state index contributed by atoms with van der Waals surface area (Å²) in [6.45, 7) is 13.8. The third kappa shape index (κ3) is 24.7. The minimum absolute atomic E-state index is 0.211. The molecule has 0 saturated carbocycles. The topological polar surface area (TPSA) is 49.8 Å². The molecule has 0 bridgehead atoms. The van der Waals surface area contributed by atoms with Gasteiger partial charge in [-0.2, -0.15) is 0 Å². The van der Waals surface area contributed by atoms with Crippen LogP contribution in [-0.4, -0.2) is 49.3 Å². The van der Waals surface area contributed by atoms with Crippen LogP contribution < -0.4 is 0 Å². The lowest BCUT2D eigenvalue weighted by atomic mass is 10.5. The number of aliphatic hydroxyl groups excluding tert-OH is 1. The van der Waals surface area contributed by atoms with Gasteiger partial charge < -0.3 is 14.7 Å². The predicted octanol–water partition coefficient (Wildman–Crippen LogP) is 1.53. The third-order valence-electron chi connectivity index (χ3n) is 1.69. The van der Waals surface area contributed by atoms with Crippen LogP contribution in [0.4, 0.5) is 0 Å². The Morgan fingerprint density at radius 2 is 1.40 bits per heavy atom. The van der Waals surface area contributed by atoms with E-state index >= 15 is 0 Å². The van der Waals surface area contributed by atoms with E-state index < -0.39 is 0 Å². The Kier molecular flexibility index (Phi) is 25.2. The van der Waals surface area contributed by atoms with Crippen LogP contribution in [0.1, 0.15) is 34.6 Å². The van der Waals surface area contributed by atoms with Crippen molar-refractivity contribution < 1.29 is 14.6 Å². The lowest BCUT2D eigenvalue weighted by Gasteiger charge is -2.13. The maximum absolute atomic E-state index is 9.82. The molecule has 4 heteroatoms. The summed E-state index contributed by atoms with van der Waals surface area (Å²) in [7, 11) is 1.00. The van der Waals surface area contributed by atoms with Crippen molar-refractivity contribution in [2.24, 2.45) is 0 Å². The zero-order valence-electron chi connectivity index (χ0n) is 11.0. The highest BCUT2D eigenvalue weighted by Gasteiger charge is 1.89. The standard InChI is InChI=1S/C6H15N.C4H8O2.CH4O/c1-4-7(5-2)6-3;1-3-6-4(2)5;1-2/h4-6H2,1-3H3;3H2,1-2H3;2H,1H3. The zero-order valence-corrected chi connectivity index (χ0v) is 11.0. The summed E-state index contributed by atoms with van der Waals surface area (Å²) in [5.41, 5.74) is 0. The molecule has 0 aliphatic carbocycles. The van der Waals surface area contributed by atoms with Gasteiger partial charge in [0.05, 0.1) is 6.61 Å². The zero-order chi connectivity index (χ0) is 12.7. The Bertz CT molecular complexity index is 109. The Labute approximate surface area is 94.2 Å². The Morgan fingerprint density at radius 1 is 1.07 bits per heavy atom. The quantitative estimate of drug-likeness (QED) is 0.731. The molecule has 15 heavy (non-hydrogen) atoms. The van der Waals surface area contributed by atoms with Gasteiger partial charge in [0.1, 0.15) is 0 Å².